The highest BCUT2D eigenvalue weighted by Crippen LogP contribution is 2.30. The Morgan fingerprint density at radius 1 is 0.659 bits per heavy atom. The van der Waals surface area contributed by atoms with Crippen LogP contribution in [0, 0.1) is 0 Å². The number of aliphatic carboxylic acids is 2. The molecular weight excluding hydrogens is 544 g/mol. The largest absolute Gasteiger partial charge is 0.508 e. The standard InChI is InChI=1S/C27H38N2O12/c30-10-16-5-18(12-32)19(25(37)6-16)7-29(9-27(40)41)23(15-35)22(14-34)28(4-3-26(38)39)8-20-21(13-33)17(11-31)1-2-24(20)36/h1-2,5-6,22-23,30-37H,3-4,7-15H2,(H,38,39)(H,40,41)/t22?,23-/m1/s1. The van der Waals surface area contributed by atoms with Crippen molar-refractivity contribution < 1.29 is 60.7 Å². The van der Waals surface area contributed by atoms with Gasteiger partial charge >= 0.3 is 11.9 Å². The molecular formula is C27H38N2O12. The van der Waals surface area contributed by atoms with Crippen LogP contribution in [0.25, 0.3) is 0 Å². The van der Waals surface area contributed by atoms with E-state index in [2.05, 4.69) is 0 Å². The predicted octanol–water partition coefficient (Wildman–Crippen LogP) is -1.35. The van der Waals surface area contributed by atoms with Gasteiger partial charge in [-0.05, 0) is 34.4 Å². The average molecular weight is 583 g/mol. The van der Waals surface area contributed by atoms with E-state index in [1.54, 1.807) is 0 Å². The summed E-state index contributed by atoms with van der Waals surface area (Å²) < 4.78 is 0. The van der Waals surface area contributed by atoms with Gasteiger partial charge in [0.1, 0.15) is 11.5 Å². The Kier molecular flexibility index (Phi) is 13.4. The lowest BCUT2D eigenvalue weighted by Crippen LogP contribution is -2.56. The quantitative estimate of drug-likeness (QED) is 0.0977. The van der Waals surface area contributed by atoms with E-state index in [-0.39, 0.29) is 53.4 Å². The number of aliphatic hydroxyl groups is 6. The Morgan fingerprint density at radius 2 is 1.27 bits per heavy atom. The molecule has 10 N–H and O–H groups in total. The highest BCUT2D eigenvalue weighted by molar-refractivity contribution is 5.69. The third-order valence-electron chi connectivity index (χ3n) is 6.99. The zero-order chi connectivity index (χ0) is 30.7. The number of aliphatic hydroxyl groups excluding tert-OH is 6. The molecule has 41 heavy (non-hydrogen) atoms. The molecule has 0 aromatic heterocycles. The second-order valence-electron chi connectivity index (χ2n) is 9.50. The molecule has 0 saturated carbocycles. The van der Waals surface area contributed by atoms with Crippen molar-refractivity contribution in [3.63, 3.8) is 0 Å². The van der Waals surface area contributed by atoms with Crippen molar-refractivity contribution in [3.8, 4) is 11.5 Å². The maximum Gasteiger partial charge on any atom is 0.317 e. The third-order valence-corrected chi connectivity index (χ3v) is 6.99. The first kappa shape index (κ1) is 33.9. The number of carboxylic acids is 2. The van der Waals surface area contributed by atoms with Crippen LogP contribution >= 0.6 is 0 Å². The van der Waals surface area contributed by atoms with Crippen molar-refractivity contribution in [1.29, 1.82) is 0 Å². The molecule has 0 radical (unpaired) electrons. The van der Waals surface area contributed by atoms with Gasteiger partial charge in [-0.3, -0.25) is 19.4 Å². The van der Waals surface area contributed by atoms with Crippen LogP contribution in [0.3, 0.4) is 0 Å². The van der Waals surface area contributed by atoms with Crippen LogP contribution in [0.15, 0.2) is 24.3 Å². The van der Waals surface area contributed by atoms with Crippen LogP contribution in [0.4, 0.5) is 0 Å². The summed E-state index contributed by atoms with van der Waals surface area (Å²) >= 11 is 0. The number of benzene rings is 2. The van der Waals surface area contributed by atoms with Crippen molar-refractivity contribution in [2.24, 2.45) is 0 Å². The average Bonchev–Trinajstić information content (AvgIpc) is 2.94. The highest BCUT2D eigenvalue weighted by Gasteiger charge is 2.34. The van der Waals surface area contributed by atoms with Gasteiger partial charge in [0, 0.05) is 30.8 Å². The van der Waals surface area contributed by atoms with Gasteiger partial charge in [-0.15, -0.1) is 0 Å². The molecule has 0 aliphatic carbocycles. The summed E-state index contributed by atoms with van der Waals surface area (Å²) in [6.45, 7) is -4.90. The van der Waals surface area contributed by atoms with E-state index in [9.17, 15) is 60.7 Å². The summed E-state index contributed by atoms with van der Waals surface area (Å²) in [5.74, 6) is -3.11. The monoisotopic (exact) mass is 582 g/mol. The summed E-state index contributed by atoms with van der Waals surface area (Å²) in [7, 11) is 0. The van der Waals surface area contributed by atoms with Gasteiger partial charge in [0.2, 0.25) is 0 Å². The summed E-state index contributed by atoms with van der Waals surface area (Å²) in [6.07, 6.45) is -0.430. The summed E-state index contributed by atoms with van der Waals surface area (Å²) in [6, 6.07) is 3.08. The Bertz CT molecular complexity index is 1180. The molecule has 0 heterocycles. The number of carbonyl (C=O) groups is 2. The van der Waals surface area contributed by atoms with E-state index in [0.29, 0.717) is 11.1 Å². The number of aromatic hydroxyl groups is 2. The minimum atomic E-state index is -1.31. The van der Waals surface area contributed by atoms with E-state index in [4.69, 9.17) is 0 Å². The Morgan fingerprint density at radius 3 is 1.78 bits per heavy atom. The molecule has 0 spiro atoms. The summed E-state index contributed by atoms with van der Waals surface area (Å²) in [5.41, 5.74) is 1.26. The maximum atomic E-state index is 11.8. The molecule has 0 saturated heterocycles. The second kappa shape index (κ2) is 16.2. The molecule has 0 amide bonds. The lowest BCUT2D eigenvalue weighted by Gasteiger charge is -2.41. The highest BCUT2D eigenvalue weighted by atomic mass is 16.4. The number of carboxylic acid groups (broad SMARTS) is 2. The van der Waals surface area contributed by atoms with Crippen LogP contribution in [-0.4, -0.2) is 111 Å². The van der Waals surface area contributed by atoms with Crippen molar-refractivity contribution >= 4 is 11.9 Å². The molecule has 0 bridgehead atoms. The number of hydrogen-bond donors (Lipinski definition) is 10. The zero-order valence-electron chi connectivity index (χ0n) is 22.4. The van der Waals surface area contributed by atoms with Crippen LogP contribution in [-0.2, 0) is 49.1 Å². The van der Waals surface area contributed by atoms with E-state index < -0.39 is 76.6 Å². The van der Waals surface area contributed by atoms with Crippen molar-refractivity contribution in [3.05, 3.63) is 57.6 Å². The molecule has 14 heteroatoms. The molecule has 1 unspecified atom stereocenters. The smallest absolute Gasteiger partial charge is 0.317 e. The first-order valence-electron chi connectivity index (χ1n) is 12.8. The normalized spacial score (nSPS) is 13.1. The number of hydrogen-bond acceptors (Lipinski definition) is 12. The van der Waals surface area contributed by atoms with Crippen molar-refractivity contribution in [2.75, 3.05) is 26.3 Å². The van der Waals surface area contributed by atoms with Gasteiger partial charge in [-0.2, -0.15) is 0 Å². The second-order valence-corrected chi connectivity index (χ2v) is 9.50. The minimum absolute atomic E-state index is 0.119. The molecule has 0 aliphatic rings. The molecule has 2 aromatic rings. The van der Waals surface area contributed by atoms with Crippen molar-refractivity contribution in [1.82, 2.24) is 9.80 Å². The first-order valence-corrected chi connectivity index (χ1v) is 12.8. The Balaban J connectivity index is 2.59. The summed E-state index contributed by atoms with van der Waals surface area (Å²) in [5, 5.41) is 100.0. The van der Waals surface area contributed by atoms with E-state index >= 15 is 0 Å². The van der Waals surface area contributed by atoms with Gasteiger partial charge in [-0.25, -0.2) is 0 Å². The number of nitrogens with zero attached hydrogens (tertiary/aromatic N) is 2. The third kappa shape index (κ3) is 8.82. The minimum Gasteiger partial charge on any atom is -0.508 e. The van der Waals surface area contributed by atoms with Gasteiger partial charge in [0.15, 0.2) is 0 Å². The predicted molar refractivity (Wildman–Crippen MR) is 142 cm³/mol. The first-order chi connectivity index (χ1) is 19.5. The van der Waals surface area contributed by atoms with Crippen LogP contribution in [0.5, 0.6) is 11.5 Å². The SMILES string of the molecule is O=C(O)CCN(Cc1c(O)ccc(CO)c1CO)C(CO)[C@@H](CO)N(CC(=O)O)Cc1c(O)cc(CO)cc1CO. The molecule has 14 nitrogen and oxygen atoms in total. The number of phenolic OH excluding ortho intramolecular Hbond substituents is 2. The zero-order valence-corrected chi connectivity index (χ0v) is 22.4. The van der Waals surface area contributed by atoms with E-state index in [1.165, 1.54) is 34.1 Å². The molecule has 2 aromatic carbocycles. The van der Waals surface area contributed by atoms with Crippen molar-refractivity contribution in [2.45, 2.75) is 58.0 Å². The molecule has 0 fully saturated rings. The fraction of sp³-hybridized carbons (Fsp3) is 0.481. The van der Waals surface area contributed by atoms with Gasteiger partial charge in [0.25, 0.3) is 0 Å². The fourth-order valence-corrected chi connectivity index (χ4v) is 4.88. The number of rotatable bonds is 18. The maximum absolute atomic E-state index is 11.8. The molecule has 228 valence electrons. The van der Waals surface area contributed by atoms with Crippen LogP contribution in [0.1, 0.15) is 39.8 Å². The summed E-state index contributed by atoms with van der Waals surface area (Å²) in [4.78, 5) is 26.0. The van der Waals surface area contributed by atoms with Gasteiger partial charge in [-0.1, -0.05) is 12.1 Å². The topological polar surface area (TPSA) is 243 Å². The van der Waals surface area contributed by atoms with Gasteiger partial charge in [0.05, 0.1) is 64.7 Å². The van der Waals surface area contributed by atoms with E-state index in [1.807, 2.05) is 0 Å². The molecule has 2 atom stereocenters. The van der Waals surface area contributed by atoms with Crippen LogP contribution in [0.2, 0.25) is 0 Å². The number of phenols is 2. The molecule has 2 rings (SSSR count). The fourth-order valence-electron chi connectivity index (χ4n) is 4.88. The Labute approximate surface area is 236 Å². The lowest BCUT2D eigenvalue weighted by atomic mass is 9.97. The Hall–Kier alpha value is -3.34. The van der Waals surface area contributed by atoms with Crippen LogP contribution < -0.4 is 0 Å². The lowest BCUT2D eigenvalue weighted by molar-refractivity contribution is -0.140. The van der Waals surface area contributed by atoms with E-state index in [0.717, 1.165) is 0 Å². The molecule has 0 aliphatic heterocycles. The van der Waals surface area contributed by atoms with Gasteiger partial charge < -0.3 is 51.1 Å².